The molecule has 0 radical (unpaired) electrons. The first-order valence-corrected chi connectivity index (χ1v) is 6.51. The highest BCUT2D eigenvalue weighted by Crippen LogP contribution is 2.24. The Hall–Kier alpha value is -1.26. The molecule has 1 aromatic carbocycles. The zero-order valence-electron chi connectivity index (χ0n) is 10.00. The van der Waals surface area contributed by atoms with Crippen LogP contribution in [0.1, 0.15) is 17.4 Å². The molecule has 90 valence electrons. The Kier molecular flexibility index (Phi) is 3.86. The molecule has 0 amide bonds. The zero-order chi connectivity index (χ0) is 12.3. The smallest absolute Gasteiger partial charge is 0.107 e. The normalized spacial score (nSPS) is 12.6. The minimum atomic E-state index is -0.512. The predicted molar refractivity (Wildman–Crippen MR) is 70.1 cm³/mol. The second-order valence-electron chi connectivity index (χ2n) is 4.05. The Bertz CT molecular complexity index is 478. The van der Waals surface area contributed by atoms with Crippen molar-refractivity contribution in [1.82, 2.24) is 9.78 Å². The van der Waals surface area contributed by atoms with Crippen molar-refractivity contribution in [3.8, 4) is 0 Å². The summed E-state index contributed by atoms with van der Waals surface area (Å²) < 4.78 is 1.70. The van der Waals surface area contributed by atoms with Crippen LogP contribution in [0.4, 0.5) is 0 Å². The van der Waals surface area contributed by atoms with Gasteiger partial charge in [-0.05, 0) is 25.1 Å². The minimum absolute atomic E-state index is 0.512. The van der Waals surface area contributed by atoms with E-state index in [9.17, 15) is 5.11 Å². The molecule has 1 atom stereocenters. The summed E-state index contributed by atoms with van der Waals surface area (Å²) in [5, 5.41) is 14.1. The van der Waals surface area contributed by atoms with Crippen molar-refractivity contribution in [2.45, 2.75) is 17.9 Å². The highest BCUT2D eigenvalue weighted by atomic mass is 32.2. The zero-order valence-corrected chi connectivity index (χ0v) is 10.8. The van der Waals surface area contributed by atoms with Gasteiger partial charge in [0.2, 0.25) is 0 Å². The van der Waals surface area contributed by atoms with E-state index < -0.39 is 6.10 Å². The summed E-state index contributed by atoms with van der Waals surface area (Å²) in [5.74, 6) is 0.625. The van der Waals surface area contributed by atoms with E-state index in [1.807, 2.05) is 19.3 Å². The molecule has 0 aliphatic heterocycles. The van der Waals surface area contributed by atoms with Crippen molar-refractivity contribution >= 4 is 11.8 Å². The van der Waals surface area contributed by atoms with Gasteiger partial charge in [0.05, 0.1) is 5.69 Å². The molecule has 4 heteroatoms. The highest BCUT2D eigenvalue weighted by Gasteiger charge is 2.10. The number of aliphatic hydroxyl groups excluding tert-OH is 1. The average molecular weight is 248 g/mol. The molecule has 0 bridgehead atoms. The van der Waals surface area contributed by atoms with Gasteiger partial charge in [0.25, 0.3) is 0 Å². The molecule has 2 aromatic rings. The molecular weight excluding hydrogens is 232 g/mol. The largest absolute Gasteiger partial charge is 0.386 e. The third-order valence-corrected chi connectivity index (χ3v) is 3.59. The summed E-state index contributed by atoms with van der Waals surface area (Å²) in [4.78, 5) is 1.17. The second-order valence-corrected chi connectivity index (χ2v) is 5.15. The quantitative estimate of drug-likeness (QED) is 0.845. The Morgan fingerprint density at radius 2 is 2.00 bits per heavy atom. The van der Waals surface area contributed by atoms with Crippen LogP contribution in [-0.2, 0) is 7.05 Å². The average Bonchev–Trinajstić information content (AvgIpc) is 2.75. The molecule has 17 heavy (non-hydrogen) atoms. The Labute approximate surface area is 105 Å². The Morgan fingerprint density at radius 1 is 1.29 bits per heavy atom. The van der Waals surface area contributed by atoms with Gasteiger partial charge in [0.1, 0.15) is 6.10 Å². The van der Waals surface area contributed by atoms with Crippen molar-refractivity contribution in [1.29, 1.82) is 0 Å². The summed E-state index contributed by atoms with van der Waals surface area (Å²) in [6.07, 6.45) is 1.33. The monoisotopic (exact) mass is 248 g/mol. The molecule has 0 spiro atoms. The second kappa shape index (κ2) is 5.38. The van der Waals surface area contributed by atoms with E-state index in [-0.39, 0.29) is 0 Å². The fraction of sp³-hybridized carbons (Fsp3) is 0.308. The number of hydrogen-bond donors (Lipinski definition) is 1. The van der Waals surface area contributed by atoms with E-state index in [0.29, 0.717) is 5.75 Å². The first-order valence-electron chi connectivity index (χ1n) is 5.52. The van der Waals surface area contributed by atoms with Gasteiger partial charge < -0.3 is 5.11 Å². The van der Waals surface area contributed by atoms with Crippen LogP contribution in [0.15, 0.2) is 41.4 Å². The Balaban J connectivity index is 1.92. The maximum Gasteiger partial charge on any atom is 0.107 e. The first kappa shape index (κ1) is 12.2. The fourth-order valence-electron chi connectivity index (χ4n) is 1.51. The molecule has 2 rings (SSSR count). The number of nitrogens with zero attached hydrogens (tertiary/aromatic N) is 2. The van der Waals surface area contributed by atoms with Crippen LogP contribution in [0.25, 0.3) is 0 Å². The van der Waals surface area contributed by atoms with E-state index in [0.717, 1.165) is 5.69 Å². The third-order valence-electron chi connectivity index (χ3n) is 2.50. The number of aliphatic hydroxyl groups is 1. The van der Waals surface area contributed by atoms with Gasteiger partial charge >= 0.3 is 0 Å². The van der Waals surface area contributed by atoms with Gasteiger partial charge in [-0.1, -0.05) is 17.7 Å². The van der Waals surface area contributed by atoms with Crippen molar-refractivity contribution in [3.63, 3.8) is 0 Å². The van der Waals surface area contributed by atoms with Gasteiger partial charge in [0, 0.05) is 23.9 Å². The standard InChI is InChI=1S/C13H16N2OS/c1-10-3-5-11(6-4-10)17-9-13(16)12-7-8-15(2)14-12/h3-8,13,16H,9H2,1-2H3. The lowest BCUT2D eigenvalue weighted by molar-refractivity contribution is 0.198. The van der Waals surface area contributed by atoms with Crippen molar-refractivity contribution < 1.29 is 5.11 Å². The summed E-state index contributed by atoms with van der Waals surface area (Å²) in [7, 11) is 1.85. The molecule has 0 saturated carbocycles. The van der Waals surface area contributed by atoms with Crippen LogP contribution in [0, 0.1) is 6.92 Å². The lowest BCUT2D eigenvalue weighted by Crippen LogP contribution is -2.02. The van der Waals surface area contributed by atoms with Crippen LogP contribution in [0.3, 0.4) is 0 Å². The molecular formula is C13H16N2OS. The van der Waals surface area contributed by atoms with Gasteiger partial charge in [-0.2, -0.15) is 5.10 Å². The topological polar surface area (TPSA) is 38.0 Å². The summed E-state index contributed by atoms with van der Waals surface area (Å²) in [6, 6.07) is 10.2. The van der Waals surface area contributed by atoms with Gasteiger partial charge in [-0.15, -0.1) is 11.8 Å². The van der Waals surface area contributed by atoms with Gasteiger partial charge in [0.15, 0.2) is 0 Å². The minimum Gasteiger partial charge on any atom is -0.386 e. The van der Waals surface area contributed by atoms with Crippen LogP contribution in [-0.4, -0.2) is 20.6 Å². The molecule has 1 N–H and O–H groups in total. The van der Waals surface area contributed by atoms with Crippen LogP contribution in [0.5, 0.6) is 0 Å². The van der Waals surface area contributed by atoms with E-state index in [2.05, 4.69) is 36.3 Å². The summed E-state index contributed by atoms with van der Waals surface area (Å²) in [5.41, 5.74) is 1.98. The first-order chi connectivity index (χ1) is 8.15. The lowest BCUT2D eigenvalue weighted by Gasteiger charge is -2.07. The number of aryl methyl sites for hydroxylation is 2. The fourth-order valence-corrected chi connectivity index (χ4v) is 2.36. The van der Waals surface area contributed by atoms with Crippen molar-refractivity contribution in [2.75, 3.05) is 5.75 Å². The van der Waals surface area contributed by atoms with Crippen LogP contribution >= 0.6 is 11.8 Å². The summed E-state index contributed by atoms with van der Waals surface area (Å²) in [6.45, 7) is 2.07. The molecule has 1 heterocycles. The molecule has 0 aliphatic carbocycles. The van der Waals surface area contributed by atoms with E-state index in [4.69, 9.17) is 0 Å². The maximum absolute atomic E-state index is 9.95. The third kappa shape index (κ3) is 3.35. The van der Waals surface area contributed by atoms with Crippen molar-refractivity contribution in [3.05, 3.63) is 47.8 Å². The number of thioether (sulfide) groups is 1. The number of rotatable bonds is 4. The molecule has 0 aliphatic rings. The van der Waals surface area contributed by atoms with E-state index in [1.54, 1.807) is 16.4 Å². The maximum atomic E-state index is 9.95. The SMILES string of the molecule is Cc1ccc(SCC(O)c2ccn(C)n2)cc1. The number of benzene rings is 1. The molecule has 3 nitrogen and oxygen atoms in total. The number of aromatic nitrogens is 2. The molecule has 1 aromatic heterocycles. The summed E-state index contributed by atoms with van der Waals surface area (Å²) >= 11 is 1.64. The molecule has 0 fully saturated rings. The van der Waals surface area contributed by atoms with E-state index in [1.165, 1.54) is 10.5 Å². The van der Waals surface area contributed by atoms with Gasteiger partial charge in [-0.3, -0.25) is 4.68 Å². The van der Waals surface area contributed by atoms with Crippen molar-refractivity contribution in [2.24, 2.45) is 7.05 Å². The van der Waals surface area contributed by atoms with Crippen LogP contribution < -0.4 is 0 Å². The lowest BCUT2D eigenvalue weighted by atomic mass is 10.2. The Morgan fingerprint density at radius 3 is 2.59 bits per heavy atom. The number of hydrogen-bond acceptors (Lipinski definition) is 3. The van der Waals surface area contributed by atoms with E-state index >= 15 is 0 Å². The molecule has 1 unspecified atom stereocenters. The predicted octanol–water partition coefficient (Wildman–Crippen LogP) is 2.55. The molecule has 0 saturated heterocycles. The highest BCUT2D eigenvalue weighted by molar-refractivity contribution is 7.99. The van der Waals surface area contributed by atoms with Gasteiger partial charge in [-0.25, -0.2) is 0 Å². The van der Waals surface area contributed by atoms with Crippen LogP contribution in [0.2, 0.25) is 0 Å².